The molecular formula is C24H28O2. The first-order valence-electron chi connectivity index (χ1n) is 9.81. The van der Waals surface area contributed by atoms with Gasteiger partial charge in [0.1, 0.15) is 5.76 Å². The van der Waals surface area contributed by atoms with E-state index in [9.17, 15) is 4.79 Å². The van der Waals surface area contributed by atoms with Crippen LogP contribution >= 0.6 is 0 Å². The van der Waals surface area contributed by atoms with Gasteiger partial charge in [-0.15, -0.1) is 0 Å². The first-order valence-corrected chi connectivity index (χ1v) is 9.81. The molecule has 0 amide bonds. The second-order valence-electron chi connectivity index (χ2n) is 7.04. The highest BCUT2D eigenvalue weighted by Gasteiger charge is 2.56. The van der Waals surface area contributed by atoms with Gasteiger partial charge in [-0.2, -0.15) is 0 Å². The fourth-order valence-electron chi connectivity index (χ4n) is 3.79. The van der Waals surface area contributed by atoms with E-state index in [1.54, 1.807) is 0 Å². The lowest BCUT2D eigenvalue weighted by atomic mass is 9.69. The number of hydrogen-bond donors (Lipinski definition) is 0. The number of ether oxygens (including phenoxy) is 1. The summed E-state index contributed by atoms with van der Waals surface area (Å²) < 4.78 is 5.76. The second-order valence-corrected chi connectivity index (χ2v) is 7.04. The van der Waals surface area contributed by atoms with Crippen molar-refractivity contribution in [1.29, 1.82) is 0 Å². The Morgan fingerprint density at radius 2 is 1.50 bits per heavy atom. The quantitative estimate of drug-likeness (QED) is 0.525. The molecule has 1 heterocycles. The number of carbonyl (C=O) groups is 1. The minimum atomic E-state index is -0.615. The van der Waals surface area contributed by atoms with Crippen molar-refractivity contribution in [2.75, 3.05) is 0 Å². The van der Waals surface area contributed by atoms with Crippen molar-refractivity contribution in [3.63, 3.8) is 0 Å². The van der Waals surface area contributed by atoms with Crippen LogP contribution in [-0.4, -0.2) is 5.97 Å². The van der Waals surface area contributed by atoms with Gasteiger partial charge in [0.25, 0.3) is 0 Å². The van der Waals surface area contributed by atoms with E-state index in [4.69, 9.17) is 4.74 Å². The number of unbranched alkanes of at least 4 members (excludes halogenated alkanes) is 2. The van der Waals surface area contributed by atoms with Crippen LogP contribution in [0.2, 0.25) is 0 Å². The minimum Gasteiger partial charge on any atom is -0.428 e. The molecule has 2 heteroatoms. The van der Waals surface area contributed by atoms with Crippen LogP contribution in [0.15, 0.2) is 66.4 Å². The zero-order chi connectivity index (χ0) is 18.4. The van der Waals surface area contributed by atoms with E-state index in [1.165, 1.54) is 11.1 Å². The molecule has 1 aliphatic heterocycles. The van der Waals surface area contributed by atoms with Crippen molar-refractivity contribution >= 4 is 11.5 Å². The summed E-state index contributed by atoms with van der Waals surface area (Å²) in [5.74, 6) is 0.777. The lowest BCUT2D eigenvalue weighted by molar-refractivity contribution is -0.161. The summed E-state index contributed by atoms with van der Waals surface area (Å²) in [6.07, 6.45) is 6.01. The van der Waals surface area contributed by atoms with E-state index < -0.39 is 5.41 Å². The van der Waals surface area contributed by atoms with Gasteiger partial charge in [0, 0.05) is 0 Å². The van der Waals surface area contributed by atoms with Gasteiger partial charge in [-0.25, -0.2) is 0 Å². The zero-order valence-electron chi connectivity index (χ0n) is 15.8. The van der Waals surface area contributed by atoms with Crippen molar-refractivity contribution in [2.24, 2.45) is 0 Å². The van der Waals surface area contributed by atoms with Crippen LogP contribution in [0.4, 0.5) is 0 Å². The van der Waals surface area contributed by atoms with Crippen LogP contribution in [-0.2, 0) is 14.9 Å². The standard InChI is InChI=1S/C24H28O2/c1-3-5-17-21(19-13-9-7-10-14-19)22-24(18-6-4-2,23(25)26-22)20-15-11-8-12-16-20/h7-16H,3-6,17-18H2,1-2H3/b22-21-/t24-/m1/s1. The fourth-order valence-corrected chi connectivity index (χ4v) is 3.79. The summed E-state index contributed by atoms with van der Waals surface area (Å²) in [6, 6.07) is 20.5. The third kappa shape index (κ3) is 3.33. The number of rotatable bonds is 8. The number of benzene rings is 2. The van der Waals surface area contributed by atoms with E-state index in [0.717, 1.165) is 49.8 Å². The van der Waals surface area contributed by atoms with Crippen LogP contribution in [0.5, 0.6) is 0 Å². The Morgan fingerprint density at radius 3 is 2.08 bits per heavy atom. The Morgan fingerprint density at radius 1 is 0.885 bits per heavy atom. The summed E-state index contributed by atoms with van der Waals surface area (Å²) in [5, 5.41) is 0. The van der Waals surface area contributed by atoms with Crippen LogP contribution in [0.25, 0.3) is 5.57 Å². The van der Waals surface area contributed by atoms with Crippen LogP contribution in [0.1, 0.15) is 63.5 Å². The molecule has 0 spiro atoms. The van der Waals surface area contributed by atoms with Crippen molar-refractivity contribution < 1.29 is 9.53 Å². The predicted molar refractivity (Wildman–Crippen MR) is 107 cm³/mol. The summed E-state index contributed by atoms with van der Waals surface area (Å²) in [4.78, 5) is 12.8. The molecule has 0 aliphatic carbocycles. The van der Waals surface area contributed by atoms with Crippen LogP contribution < -0.4 is 0 Å². The normalized spacial score (nSPS) is 21.1. The first-order chi connectivity index (χ1) is 12.7. The first kappa shape index (κ1) is 18.4. The number of carbonyl (C=O) groups excluding carboxylic acids is 1. The highest BCUT2D eigenvalue weighted by atomic mass is 16.6. The Balaban J connectivity index is 2.14. The van der Waals surface area contributed by atoms with Gasteiger partial charge in [0.2, 0.25) is 0 Å². The number of hydrogen-bond acceptors (Lipinski definition) is 2. The van der Waals surface area contributed by atoms with Crippen molar-refractivity contribution in [1.82, 2.24) is 0 Å². The lowest BCUT2D eigenvalue weighted by Crippen LogP contribution is -2.50. The molecule has 2 aromatic rings. The SMILES string of the molecule is CCCC/C(=C1/OC(=O)[C@]1(CCCC)c1ccccc1)c1ccccc1. The van der Waals surface area contributed by atoms with E-state index in [-0.39, 0.29) is 5.97 Å². The van der Waals surface area contributed by atoms with Gasteiger partial charge in [0.05, 0.1) is 0 Å². The molecule has 2 aromatic carbocycles. The molecule has 0 aromatic heterocycles. The smallest absolute Gasteiger partial charge is 0.329 e. The van der Waals surface area contributed by atoms with Gasteiger partial charge in [-0.1, -0.05) is 93.8 Å². The molecule has 0 saturated carbocycles. The fraction of sp³-hybridized carbons (Fsp3) is 0.375. The molecule has 0 radical (unpaired) electrons. The maximum Gasteiger partial charge on any atom is 0.329 e. The molecule has 0 bridgehead atoms. The lowest BCUT2D eigenvalue weighted by Gasteiger charge is -2.43. The largest absolute Gasteiger partial charge is 0.428 e. The number of esters is 1. The van der Waals surface area contributed by atoms with E-state index in [2.05, 4.69) is 50.2 Å². The Bertz CT molecular complexity index is 761. The Kier molecular flexibility index (Phi) is 5.92. The predicted octanol–water partition coefficient (Wildman–Crippen LogP) is 6.27. The van der Waals surface area contributed by atoms with Crippen molar-refractivity contribution in [2.45, 2.75) is 57.8 Å². The zero-order valence-corrected chi connectivity index (χ0v) is 15.8. The van der Waals surface area contributed by atoms with E-state index >= 15 is 0 Å². The Labute approximate surface area is 156 Å². The molecule has 1 atom stereocenters. The second kappa shape index (κ2) is 8.35. The van der Waals surface area contributed by atoms with Crippen LogP contribution in [0.3, 0.4) is 0 Å². The minimum absolute atomic E-state index is 0.0999. The van der Waals surface area contributed by atoms with Gasteiger partial charge in [0.15, 0.2) is 5.41 Å². The maximum atomic E-state index is 12.8. The van der Waals surface area contributed by atoms with Crippen LogP contribution in [0, 0.1) is 0 Å². The molecule has 1 saturated heterocycles. The molecule has 26 heavy (non-hydrogen) atoms. The number of cyclic esters (lactones) is 1. The summed E-state index contributed by atoms with van der Waals surface area (Å²) >= 11 is 0. The third-order valence-corrected chi connectivity index (χ3v) is 5.28. The van der Waals surface area contributed by atoms with Gasteiger partial charge >= 0.3 is 5.97 Å². The topological polar surface area (TPSA) is 26.3 Å². The van der Waals surface area contributed by atoms with Gasteiger partial charge in [-0.3, -0.25) is 4.79 Å². The molecule has 136 valence electrons. The molecule has 3 rings (SSSR count). The van der Waals surface area contributed by atoms with Crippen molar-refractivity contribution in [3.8, 4) is 0 Å². The summed E-state index contributed by atoms with van der Waals surface area (Å²) in [5.41, 5.74) is 2.80. The molecule has 0 unspecified atom stereocenters. The Hall–Kier alpha value is -2.35. The molecular weight excluding hydrogens is 320 g/mol. The highest BCUT2D eigenvalue weighted by Crippen LogP contribution is 2.50. The van der Waals surface area contributed by atoms with Gasteiger partial charge in [-0.05, 0) is 36.0 Å². The third-order valence-electron chi connectivity index (χ3n) is 5.28. The van der Waals surface area contributed by atoms with E-state index in [1.807, 2.05) is 24.3 Å². The maximum absolute atomic E-state index is 12.8. The highest BCUT2D eigenvalue weighted by molar-refractivity contribution is 5.98. The molecule has 0 N–H and O–H groups in total. The number of allylic oxidation sites excluding steroid dienone is 1. The summed E-state index contributed by atoms with van der Waals surface area (Å²) in [6.45, 7) is 4.36. The average Bonchev–Trinajstić information content (AvgIpc) is 2.69. The van der Waals surface area contributed by atoms with Crippen molar-refractivity contribution in [3.05, 3.63) is 77.5 Å². The molecule has 2 nitrogen and oxygen atoms in total. The molecule has 1 aliphatic rings. The van der Waals surface area contributed by atoms with E-state index in [0.29, 0.717) is 0 Å². The average molecular weight is 348 g/mol. The van der Waals surface area contributed by atoms with Gasteiger partial charge < -0.3 is 4.74 Å². The summed E-state index contributed by atoms with van der Waals surface area (Å²) in [7, 11) is 0. The molecule has 1 fully saturated rings. The monoisotopic (exact) mass is 348 g/mol.